The van der Waals surface area contributed by atoms with Crippen molar-refractivity contribution in [3.05, 3.63) is 29.3 Å². The van der Waals surface area contributed by atoms with Gasteiger partial charge in [-0.25, -0.2) is 0 Å². The Balaban J connectivity index is 2.66. The van der Waals surface area contributed by atoms with Crippen LogP contribution in [-0.4, -0.2) is 18.7 Å². The van der Waals surface area contributed by atoms with Gasteiger partial charge in [-0.2, -0.15) is 0 Å². The van der Waals surface area contributed by atoms with Gasteiger partial charge in [0.25, 0.3) is 0 Å². The van der Waals surface area contributed by atoms with Crippen molar-refractivity contribution in [1.82, 2.24) is 5.32 Å². The van der Waals surface area contributed by atoms with E-state index in [9.17, 15) is 5.11 Å². The summed E-state index contributed by atoms with van der Waals surface area (Å²) < 4.78 is 0. The Morgan fingerprint density at radius 2 is 2.21 bits per heavy atom. The third-order valence-electron chi connectivity index (χ3n) is 1.94. The summed E-state index contributed by atoms with van der Waals surface area (Å²) in [4.78, 5) is 0. The first kappa shape index (κ1) is 10.6. The molecule has 0 aromatic heterocycles. The number of nitrogens with one attached hydrogen (secondary N) is 1. The molecule has 0 amide bonds. The van der Waals surface area contributed by atoms with Crippen LogP contribution >= 0.6 is 0 Å². The van der Waals surface area contributed by atoms with E-state index in [0.29, 0.717) is 5.75 Å². The summed E-state index contributed by atoms with van der Waals surface area (Å²) in [6.07, 6.45) is 0.825. The van der Waals surface area contributed by atoms with Crippen molar-refractivity contribution >= 4 is 0 Å². The van der Waals surface area contributed by atoms with E-state index in [1.165, 1.54) is 0 Å². The maximum atomic E-state index is 9.42. The molecule has 2 heteroatoms. The standard InChI is InChI=1S/C12H15NO/c1-10-6-7-11(9-12(10)14)5-3-4-8-13-2/h6-7,9,13-14H,4,8H2,1-2H3. The summed E-state index contributed by atoms with van der Waals surface area (Å²) in [5.74, 6) is 6.33. The molecule has 0 atom stereocenters. The number of rotatable bonds is 2. The molecule has 74 valence electrons. The average Bonchev–Trinajstić information content (AvgIpc) is 2.18. The molecule has 2 nitrogen and oxygen atoms in total. The second-order valence-electron chi connectivity index (χ2n) is 3.16. The fourth-order valence-electron chi connectivity index (χ4n) is 1.04. The number of benzene rings is 1. The minimum atomic E-state index is 0.311. The van der Waals surface area contributed by atoms with Crippen molar-refractivity contribution in [1.29, 1.82) is 0 Å². The number of hydrogen-bond acceptors (Lipinski definition) is 2. The van der Waals surface area contributed by atoms with Crippen LogP contribution in [0.2, 0.25) is 0 Å². The molecule has 0 spiro atoms. The Labute approximate surface area is 85.0 Å². The van der Waals surface area contributed by atoms with E-state index in [2.05, 4.69) is 17.2 Å². The summed E-state index contributed by atoms with van der Waals surface area (Å²) in [5, 5.41) is 12.4. The number of phenols is 1. The first-order valence-electron chi connectivity index (χ1n) is 4.67. The van der Waals surface area contributed by atoms with Crippen LogP contribution in [0.1, 0.15) is 17.5 Å². The Bertz CT molecular complexity index is 360. The highest BCUT2D eigenvalue weighted by Crippen LogP contribution is 2.16. The van der Waals surface area contributed by atoms with E-state index in [4.69, 9.17) is 0 Å². The lowest BCUT2D eigenvalue weighted by atomic mass is 10.1. The molecule has 0 aliphatic heterocycles. The maximum Gasteiger partial charge on any atom is 0.119 e. The number of phenolic OH excluding ortho intramolecular Hbond substituents is 1. The van der Waals surface area contributed by atoms with Crippen molar-refractivity contribution in [3.63, 3.8) is 0 Å². The minimum Gasteiger partial charge on any atom is -0.508 e. The average molecular weight is 189 g/mol. The summed E-state index contributed by atoms with van der Waals surface area (Å²) >= 11 is 0. The molecule has 0 aliphatic carbocycles. The van der Waals surface area contributed by atoms with Gasteiger partial charge in [-0.15, -0.1) is 0 Å². The molecule has 0 saturated heterocycles. The Hall–Kier alpha value is -1.46. The van der Waals surface area contributed by atoms with Gasteiger partial charge in [0.15, 0.2) is 0 Å². The van der Waals surface area contributed by atoms with Crippen LogP contribution in [-0.2, 0) is 0 Å². The van der Waals surface area contributed by atoms with Gasteiger partial charge in [-0.1, -0.05) is 17.9 Å². The zero-order valence-electron chi connectivity index (χ0n) is 8.59. The molecule has 1 aromatic carbocycles. The maximum absolute atomic E-state index is 9.42. The van der Waals surface area contributed by atoms with Gasteiger partial charge < -0.3 is 10.4 Å². The van der Waals surface area contributed by atoms with E-state index >= 15 is 0 Å². The molecule has 0 radical (unpaired) electrons. The van der Waals surface area contributed by atoms with Gasteiger partial charge in [0, 0.05) is 18.5 Å². The molecule has 0 saturated carbocycles. The first-order valence-corrected chi connectivity index (χ1v) is 4.67. The predicted octanol–water partition coefficient (Wildman–Crippen LogP) is 1.66. The monoisotopic (exact) mass is 189 g/mol. The van der Waals surface area contributed by atoms with Crippen molar-refractivity contribution < 1.29 is 5.11 Å². The van der Waals surface area contributed by atoms with Gasteiger partial charge >= 0.3 is 0 Å². The minimum absolute atomic E-state index is 0.311. The zero-order valence-corrected chi connectivity index (χ0v) is 8.59. The highest BCUT2D eigenvalue weighted by Gasteiger charge is 1.94. The Morgan fingerprint density at radius 3 is 2.86 bits per heavy atom. The lowest BCUT2D eigenvalue weighted by Gasteiger charge is -1.97. The van der Waals surface area contributed by atoms with E-state index in [-0.39, 0.29) is 0 Å². The fraction of sp³-hybridized carbons (Fsp3) is 0.333. The van der Waals surface area contributed by atoms with Crippen LogP contribution in [0.25, 0.3) is 0 Å². The molecular formula is C12H15NO. The van der Waals surface area contributed by atoms with Crippen LogP contribution in [0.3, 0.4) is 0 Å². The molecule has 2 N–H and O–H groups in total. The zero-order chi connectivity index (χ0) is 10.4. The molecule has 1 rings (SSSR count). The van der Waals surface area contributed by atoms with Crippen LogP contribution in [0.15, 0.2) is 18.2 Å². The summed E-state index contributed by atoms with van der Waals surface area (Å²) in [6, 6.07) is 5.49. The van der Waals surface area contributed by atoms with Gasteiger partial charge in [0.05, 0.1) is 0 Å². The molecule has 0 aliphatic rings. The molecule has 0 unspecified atom stereocenters. The molecule has 14 heavy (non-hydrogen) atoms. The molecule has 0 heterocycles. The molecule has 0 fully saturated rings. The van der Waals surface area contributed by atoms with Gasteiger partial charge in [0.2, 0.25) is 0 Å². The lowest BCUT2D eigenvalue weighted by molar-refractivity contribution is 0.471. The van der Waals surface area contributed by atoms with Crippen LogP contribution in [0.4, 0.5) is 0 Å². The second-order valence-corrected chi connectivity index (χ2v) is 3.16. The third-order valence-corrected chi connectivity index (χ3v) is 1.94. The van der Waals surface area contributed by atoms with Crippen molar-refractivity contribution in [3.8, 4) is 17.6 Å². The molecule has 1 aromatic rings. The van der Waals surface area contributed by atoms with Crippen molar-refractivity contribution in [2.24, 2.45) is 0 Å². The Morgan fingerprint density at radius 1 is 1.43 bits per heavy atom. The topological polar surface area (TPSA) is 32.3 Å². The summed E-state index contributed by atoms with van der Waals surface area (Å²) in [7, 11) is 1.90. The van der Waals surface area contributed by atoms with Crippen molar-refractivity contribution in [2.75, 3.05) is 13.6 Å². The Kier molecular flexibility index (Phi) is 4.03. The van der Waals surface area contributed by atoms with E-state index in [0.717, 1.165) is 24.1 Å². The van der Waals surface area contributed by atoms with Gasteiger partial charge in [0.1, 0.15) is 5.75 Å². The summed E-state index contributed by atoms with van der Waals surface area (Å²) in [5.41, 5.74) is 1.75. The van der Waals surface area contributed by atoms with Crippen LogP contribution in [0, 0.1) is 18.8 Å². The number of aromatic hydroxyl groups is 1. The molecule has 0 bridgehead atoms. The first-order chi connectivity index (χ1) is 6.74. The lowest BCUT2D eigenvalue weighted by Crippen LogP contribution is -2.05. The van der Waals surface area contributed by atoms with E-state index in [1.54, 1.807) is 6.07 Å². The number of hydrogen-bond donors (Lipinski definition) is 2. The quantitative estimate of drug-likeness (QED) is 0.548. The summed E-state index contributed by atoms with van der Waals surface area (Å²) in [6.45, 7) is 2.76. The molecular weight excluding hydrogens is 174 g/mol. The SMILES string of the molecule is CNCCC#Cc1ccc(C)c(O)c1. The number of aryl methyl sites for hydroxylation is 1. The third kappa shape index (κ3) is 3.12. The normalized spacial score (nSPS) is 9.29. The van der Waals surface area contributed by atoms with Gasteiger partial charge in [-0.3, -0.25) is 0 Å². The fourth-order valence-corrected chi connectivity index (χ4v) is 1.04. The van der Waals surface area contributed by atoms with Crippen molar-refractivity contribution in [2.45, 2.75) is 13.3 Å². The van der Waals surface area contributed by atoms with Gasteiger partial charge in [-0.05, 0) is 31.7 Å². The van der Waals surface area contributed by atoms with Crippen LogP contribution < -0.4 is 5.32 Å². The smallest absolute Gasteiger partial charge is 0.119 e. The highest BCUT2D eigenvalue weighted by molar-refractivity contribution is 5.43. The largest absolute Gasteiger partial charge is 0.508 e. The van der Waals surface area contributed by atoms with E-state index in [1.807, 2.05) is 26.1 Å². The predicted molar refractivity (Wildman–Crippen MR) is 58.3 cm³/mol. The van der Waals surface area contributed by atoms with Crippen LogP contribution in [0.5, 0.6) is 5.75 Å². The highest BCUT2D eigenvalue weighted by atomic mass is 16.3. The second kappa shape index (κ2) is 5.31. The van der Waals surface area contributed by atoms with E-state index < -0.39 is 0 Å².